The van der Waals surface area contributed by atoms with Crippen LogP contribution in [0.3, 0.4) is 0 Å². The molecule has 0 spiro atoms. The molecule has 0 saturated carbocycles. The number of nitrogens with zero attached hydrogens (tertiary/aromatic N) is 3. The molecule has 8 heteroatoms. The first kappa shape index (κ1) is 16.7. The van der Waals surface area contributed by atoms with E-state index in [9.17, 15) is 9.59 Å². The van der Waals surface area contributed by atoms with Crippen LogP contribution in [0.25, 0.3) is 11.4 Å². The van der Waals surface area contributed by atoms with Crippen LogP contribution in [0.4, 0.5) is 5.69 Å². The molecule has 130 valence electrons. The molecule has 0 radical (unpaired) electrons. The number of nitrogens with one attached hydrogen (secondary N) is 2. The van der Waals surface area contributed by atoms with E-state index in [1.165, 1.54) is 0 Å². The van der Waals surface area contributed by atoms with E-state index in [0.29, 0.717) is 28.3 Å². The third-order valence-corrected chi connectivity index (χ3v) is 3.90. The Kier molecular flexibility index (Phi) is 4.51. The second-order valence-corrected chi connectivity index (χ2v) is 5.74. The van der Waals surface area contributed by atoms with Crippen LogP contribution in [-0.4, -0.2) is 25.8 Å². The molecule has 3 rings (SSSR count). The number of carbonyl (C=O) groups excluding carboxylic acids is 1. The van der Waals surface area contributed by atoms with Crippen molar-refractivity contribution in [1.82, 2.24) is 19.9 Å². The molecule has 0 bridgehead atoms. The van der Waals surface area contributed by atoms with Crippen LogP contribution in [0.2, 0.25) is 0 Å². The Morgan fingerprint density at radius 3 is 2.60 bits per heavy atom. The van der Waals surface area contributed by atoms with Crippen molar-refractivity contribution in [3.05, 3.63) is 51.8 Å². The maximum atomic E-state index is 12.6. The summed E-state index contributed by atoms with van der Waals surface area (Å²) in [5, 5.41) is 10.9. The lowest BCUT2D eigenvalue weighted by Gasteiger charge is -2.07. The number of benzene rings is 1. The predicted octanol–water partition coefficient (Wildman–Crippen LogP) is 2.51. The van der Waals surface area contributed by atoms with Gasteiger partial charge in [-0.2, -0.15) is 5.10 Å². The summed E-state index contributed by atoms with van der Waals surface area (Å²) in [5.74, 6) is -0.460. The number of anilines is 1. The quantitative estimate of drug-likeness (QED) is 0.741. The van der Waals surface area contributed by atoms with Crippen LogP contribution >= 0.6 is 0 Å². The molecule has 1 amide bonds. The molecule has 2 N–H and O–H groups in total. The molecule has 0 unspecified atom stereocenters. The minimum Gasteiger partial charge on any atom is -0.322 e. The number of amides is 1. The third kappa shape index (κ3) is 3.37. The lowest BCUT2D eigenvalue weighted by atomic mass is 10.1. The Labute approximate surface area is 143 Å². The van der Waals surface area contributed by atoms with Crippen LogP contribution < -0.4 is 11.1 Å². The number of hydrogen-bond donors (Lipinski definition) is 2. The standard InChI is InChI=1S/C17H19N5O3/c1-4-9-22-11(3)14(10(2)20-22)16(23)18-13-7-5-12(6-8-13)15-19-17(24)25-21-15/h5-8H,4,9H2,1-3H3,(H,18,23)(H,19,21,24). The molecule has 8 nitrogen and oxygen atoms in total. The minimum absolute atomic E-state index is 0.194. The second-order valence-electron chi connectivity index (χ2n) is 5.74. The van der Waals surface area contributed by atoms with Gasteiger partial charge in [0.2, 0.25) is 0 Å². The Bertz CT molecular complexity index is 950. The molecule has 2 aromatic heterocycles. The van der Waals surface area contributed by atoms with Crippen molar-refractivity contribution in [2.24, 2.45) is 0 Å². The Balaban J connectivity index is 1.78. The van der Waals surface area contributed by atoms with Gasteiger partial charge in [-0.15, -0.1) is 0 Å². The Hall–Kier alpha value is -3.16. The zero-order chi connectivity index (χ0) is 18.0. The molecule has 0 aliphatic heterocycles. The van der Waals surface area contributed by atoms with E-state index >= 15 is 0 Å². The molecular weight excluding hydrogens is 322 g/mol. The summed E-state index contributed by atoms with van der Waals surface area (Å²) in [6, 6.07) is 6.95. The smallest absolute Gasteiger partial charge is 0.322 e. The van der Waals surface area contributed by atoms with Gasteiger partial charge in [-0.3, -0.25) is 19.0 Å². The monoisotopic (exact) mass is 341 g/mol. The van der Waals surface area contributed by atoms with E-state index in [1.807, 2.05) is 18.5 Å². The first-order valence-electron chi connectivity index (χ1n) is 8.01. The summed E-state index contributed by atoms with van der Waals surface area (Å²) in [7, 11) is 0. The number of carbonyl (C=O) groups is 1. The summed E-state index contributed by atoms with van der Waals surface area (Å²) in [6.07, 6.45) is 0.953. The van der Waals surface area contributed by atoms with Gasteiger partial charge < -0.3 is 5.32 Å². The zero-order valence-electron chi connectivity index (χ0n) is 14.3. The maximum Gasteiger partial charge on any atom is 0.439 e. The average Bonchev–Trinajstić information content (AvgIpc) is 3.12. The molecule has 0 saturated heterocycles. The SMILES string of the molecule is CCCn1nc(C)c(C(=O)Nc2ccc(-c3noc(=O)[nH]3)cc2)c1C. The normalized spacial score (nSPS) is 10.8. The molecule has 0 fully saturated rings. The predicted molar refractivity (Wildman–Crippen MR) is 92.5 cm³/mol. The van der Waals surface area contributed by atoms with Crippen LogP contribution in [-0.2, 0) is 6.54 Å². The highest BCUT2D eigenvalue weighted by atomic mass is 16.5. The van der Waals surface area contributed by atoms with Crippen molar-refractivity contribution in [1.29, 1.82) is 0 Å². The molecule has 3 aromatic rings. The van der Waals surface area contributed by atoms with E-state index in [1.54, 1.807) is 24.3 Å². The van der Waals surface area contributed by atoms with Crippen LogP contribution in [0, 0.1) is 13.8 Å². The lowest BCUT2D eigenvalue weighted by Crippen LogP contribution is -2.14. The van der Waals surface area contributed by atoms with Crippen molar-refractivity contribution in [2.75, 3.05) is 5.32 Å². The molecular formula is C17H19N5O3. The number of H-pyrrole nitrogens is 1. The van der Waals surface area contributed by atoms with Gasteiger partial charge in [-0.1, -0.05) is 12.1 Å². The highest BCUT2D eigenvalue weighted by molar-refractivity contribution is 6.05. The van der Waals surface area contributed by atoms with E-state index in [0.717, 1.165) is 18.7 Å². The molecule has 1 aromatic carbocycles. The largest absolute Gasteiger partial charge is 0.439 e. The fraction of sp³-hybridized carbons (Fsp3) is 0.294. The van der Waals surface area contributed by atoms with Gasteiger partial charge in [0, 0.05) is 23.5 Å². The van der Waals surface area contributed by atoms with Gasteiger partial charge in [-0.05, 0) is 44.5 Å². The van der Waals surface area contributed by atoms with Crippen molar-refractivity contribution >= 4 is 11.6 Å². The number of aromatic amines is 1. The summed E-state index contributed by atoms with van der Waals surface area (Å²) < 4.78 is 6.34. The molecule has 25 heavy (non-hydrogen) atoms. The fourth-order valence-corrected chi connectivity index (χ4v) is 2.71. The van der Waals surface area contributed by atoms with Gasteiger partial charge >= 0.3 is 5.76 Å². The lowest BCUT2D eigenvalue weighted by molar-refractivity contribution is 0.102. The van der Waals surface area contributed by atoms with Gasteiger partial charge in [0.25, 0.3) is 5.91 Å². The summed E-state index contributed by atoms with van der Waals surface area (Å²) in [6.45, 7) is 6.58. The molecule has 2 heterocycles. The fourth-order valence-electron chi connectivity index (χ4n) is 2.71. The first-order valence-corrected chi connectivity index (χ1v) is 8.01. The van der Waals surface area contributed by atoms with Gasteiger partial charge in [-0.25, -0.2) is 4.79 Å². The van der Waals surface area contributed by atoms with Gasteiger partial charge in [0.1, 0.15) is 0 Å². The van der Waals surface area contributed by atoms with Gasteiger partial charge in [0.05, 0.1) is 11.3 Å². The zero-order valence-corrected chi connectivity index (χ0v) is 14.3. The first-order chi connectivity index (χ1) is 12.0. The van der Waals surface area contributed by atoms with Crippen molar-refractivity contribution in [2.45, 2.75) is 33.7 Å². The number of hydrogen-bond acceptors (Lipinski definition) is 5. The summed E-state index contributed by atoms with van der Waals surface area (Å²) >= 11 is 0. The minimum atomic E-state index is -0.609. The molecule has 0 aliphatic carbocycles. The van der Waals surface area contributed by atoms with E-state index in [2.05, 4.69) is 32.0 Å². The van der Waals surface area contributed by atoms with Crippen molar-refractivity contribution in [3.8, 4) is 11.4 Å². The summed E-state index contributed by atoms with van der Waals surface area (Å²) in [4.78, 5) is 26.1. The van der Waals surface area contributed by atoms with Gasteiger partial charge in [0.15, 0.2) is 5.82 Å². The molecule has 0 aliphatic rings. The molecule has 0 atom stereocenters. The highest BCUT2D eigenvalue weighted by Gasteiger charge is 2.18. The number of aromatic nitrogens is 4. The van der Waals surface area contributed by atoms with E-state index in [4.69, 9.17) is 0 Å². The maximum absolute atomic E-state index is 12.6. The van der Waals surface area contributed by atoms with Crippen LogP contribution in [0.1, 0.15) is 35.1 Å². The van der Waals surface area contributed by atoms with Crippen molar-refractivity contribution in [3.63, 3.8) is 0 Å². The third-order valence-electron chi connectivity index (χ3n) is 3.90. The van der Waals surface area contributed by atoms with Crippen LogP contribution in [0.5, 0.6) is 0 Å². The number of rotatable bonds is 5. The van der Waals surface area contributed by atoms with E-state index < -0.39 is 5.76 Å². The Morgan fingerprint density at radius 2 is 2.00 bits per heavy atom. The number of aryl methyl sites for hydroxylation is 2. The topological polar surface area (TPSA) is 106 Å². The second kappa shape index (κ2) is 6.76. The average molecular weight is 341 g/mol. The van der Waals surface area contributed by atoms with E-state index in [-0.39, 0.29) is 5.91 Å². The highest BCUT2D eigenvalue weighted by Crippen LogP contribution is 2.19. The summed E-state index contributed by atoms with van der Waals surface area (Å²) in [5.41, 5.74) is 3.49. The van der Waals surface area contributed by atoms with Crippen molar-refractivity contribution < 1.29 is 9.32 Å². The van der Waals surface area contributed by atoms with Crippen LogP contribution in [0.15, 0.2) is 33.6 Å². The Morgan fingerprint density at radius 1 is 1.28 bits per heavy atom.